The molecule has 0 aromatic heterocycles. The number of unbranched alkanes of at least 4 members (excludes halogenated alkanes) is 1. The monoisotopic (exact) mass is 396 g/mol. The topological polar surface area (TPSA) is 86.8 Å². The van der Waals surface area contributed by atoms with Gasteiger partial charge < -0.3 is 20.8 Å². The van der Waals surface area contributed by atoms with Crippen LogP contribution in [0.3, 0.4) is 0 Å². The molecule has 0 fully saturated rings. The predicted molar refractivity (Wildman–Crippen MR) is 109 cm³/mol. The number of aromatic hydroxyl groups is 1. The van der Waals surface area contributed by atoms with Crippen molar-refractivity contribution in [2.75, 3.05) is 31.3 Å². The third-order valence-corrected chi connectivity index (χ3v) is 4.96. The van der Waals surface area contributed by atoms with Crippen LogP contribution in [0, 0.1) is 5.82 Å². The second-order valence-corrected chi connectivity index (χ2v) is 7.53. The number of phenolic OH excluding ortho intramolecular Hbond substituents is 1. The molecule has 0 saturated carbocycles. The van der Waals surface area contributed by atoms with Crippen molar-refractivity contribution < 1.29 is 18.8 Å². The normalized spacial score (nSPS) is 12.7. The van der Waals surface area contributed by atoms with E-state index in [1.807, 2.05) is 19.2 Å². The number of nitrogens with two attached hydrogens (primary N) is 1. The molecule has 0 aliphatic heterocycles. The number of aliphatic hydroxyl groups excluding tert-OH is 1. The number of phenols is 1. The summed E-state index contributed by atoms with van der Waals surface area (Å²) in [5, 5.41) is 18.8. The minimum absolute atomic E-state index is 0.0289. The molecule has 7 heteroatoms. The molecular weight excluding hydrogens is 367 g/mol. The number of hydrogen-bond donors (Lipinski definition) is 3. The van der Waals surface area contributed by atoms with Gasteiger partial charge in [0.1, 0.15) is 11.6 Å². The molecule has 0 radical (unpaired) electrons. The Morgan fingerprint density at radius 3 is 2.37 bits per heavy atom. The molecule has 0 aliphatic carbocycles. The summed E-state index contributed by atoms with van der Waals surface area (Å²) >= 11 is 0. The van der Waals surface area contributed by atoms with Gasteiger partial charge in [0, 0.05) is 32.1 Å². The third kappa shape index (κ3) is 7.66. The molecule has 5 nitrogen and oxygen atoms in total. The Balaban J connectivity index is 0.000000271. The molecule has 2 aromatic carbocycles. The lowest BCUT2D eigenvalue weighted by molar-refractivity contribution is 0.186. The van der Waals surface area contributed by atoms with Gasteiger partial charge in [0.2, 0.25) is 0 Å². The Kier molecular flexibility index (Phi) is 9.99. The van der Waals surface area contributed by atoms with E-state index in [1.54, 1.807) is 6.07 Å². The SMILES string of the molecule is CCCCN(C)c1ccc(F)cc1.CS(=O)c1cc(C(O)CN)ccc1O. The van der Waals surface area contributed by atoms with E-state index in [0.29, 0.717) is 10.5 Å². The molecule has 2 aromatic rings. The second kappa shape index (κ2) is 11.7. The minimum atomic E-state index is -1.27. The van der Waals surface area contributed by atoms with E-state index in [2.05, 4.69) is 11.8 Å². The number of rotatable bonds is 7. The fourth-order valence-electron chi connectivity index (χ4n) is 2.32. The van der Waals surface area contributed by atoms with Crippen molar-refractivity contribution in [3.8, 4) is 5.75 Å². The van der Waals surface area contributed by atoms with E-state index >= 15 is 0 Å². The zero-order valence-corrected chi connectivity index (χ0v) is 16.9. The van der Waals surface area contributed by atoms with Crippen LogP contribution < -0.4 is 10.6 Å². The van der Waals surface area contributed by atoms with Crippen LogP contribution in [-0.4, -0.2) is 40.8 Å². The van der Waals surface area contributed by atoms with Gasteiger partial charge in [-0.15, -0.1) is 0 Å². The number of anilines is 1. The van der Waals surface area contributed by atoms with Gasteiger partial charge in [-0.1, -0.05) is 19.4 Å². The van der Waals surface area contributed by atoms with Gasteiger partial charge in [0.15, 0.2) is 0 Å². The average Bonchev–Trinajstić information content (AvgIpc) is 2.66. The summed E-state index contributed by atoms with van der Waals surface area (Å²) in [7, 11) is 0.759. The van der Waals surface area contributed by atoms with Gasteiger partial charge in [0.05, 0.1) is 21.8 Å². The quantitative estimate of drug-likeness (QED) is 0.669. The highest BCUT2D eigenvalue weighted by Gasteiger charge is 2.10. The number of benzene rings is 2. The van der Waals surface area contributed by atoms with Crippen LogP contribution in [-0.2, 0) is 10.8 Å². The first kappa shape index (κ1) is 23.1. The molecule has 0 heterocycles. The number of halogens is 1. The van der Waals surface area contributed by atoms with Crippen LogP contribution >= 0.6 is 0 Å². The van der Waals surface area contributed by atoms with Gasteiger partial charge in [0.25, 0.3) is 0 Å². The van der Waals surface area contributed by atoms with Crippen molar-refractivity contribution in [3.05, 3.63) is 53.8 Å². The van der Waals surface area contributed by atoms with Gasteiger partial charge in [-0.25, -0.2) is 4.39 Å². The largest absolute Gasteiger partial charge is 0.507 e. The van der Waals surface area contributed by atoms with E-state index < -0.39 is 16.9 Å². The number of aliphatic hydroxyl groups is 1. The Labute approximate surface area is 163 Å². The Hall–Kier alpha value is -1.96. The summed E-state index contributed by atoms with van der Waals surface area (Å²) in [6, 6.07) is 11.1. The first-order valence-electron chi connectivity index (χ1n) is 8.81. The number of hydrogen-bond acceptors (Lipinski definition) is 5. The van der Waals surface area contributed by atoms with Crippen molar-refractivity contribution in [1.29, 1.82) is 0 Å². The molecule has 0 bridgehead atoms. The highest BCUT2D eigenvalue weighted by molar-refractivity contribution is 7.84. The highest BCUT2D eigenvalue weighted by Crippen LogP contribution is 2.24. The first-order chi connectivity index (χ1) is 12.8. The van der Waals surface area contributed by atoms with Crippen molar-refractivity contribution in [1.82, 2.24) is 0 Å². The third-order valence-electron chi connectivity index (χ3n) is 4.02. The maximum absolute atomic E-state index is 12.6. The maximum Gasteiger partial charge on any atom is 0.131 e. The van der Waals surface area contributed by atoms with Crippen LogP contribution in [0.25, 0.3) is 0 Å². The van der Waals surface area contributed by atoms with Gasteiger partial charge in [-0.2, -0.15) is 0 Å². The summed E-state index contributed by atoms with van der Waals surface area (Å²) in [5.74, 6) is -0.202. The Morgan fingerprint density at radius 2 is 1.85 bits per heavy atom. The summed E-state index contributed by atoms with van der Waals surface area (Å²) in [6.07, 6.45) is 3.05. The first-order valence-corrected chi connectivity index (χ1v) is 10.4. The van der Waals surface area contributed by atoms with E-state index in [9.17, 15) is 18.8 Å². The van der Waals surface area contributed by atoms with Crippen molar-refractivity contribution in [3.63, 3.8) is 0 Å². The summed E-state index contributed by atoms with van der Waals surface area (Å²) < 4.78 is 23.8. The molecule has 0 spiro atoms. The van der Waals surface area contributed by atoms with Crippen molar-refractivity contribution in [2.45, 2.75) is 30.8 Å². The van der Waals surface area contributed by atoms with Crippen LogP contribution in [0.15, 0.2) is 47.4 Å². The molecular formula is C20H29FN2O3S. The molecule has 0 saturated heterocycles. The lowest BCUT2D eigenvalue weighted by atomic mass is 10.1. The fraction of sp³-hybridized carbons (Fsp3) is 0.400. The van der Waals surface area contributed by atoms with Gasteiger partial charge in [-0.3, -0.25) is 4.21 Å². The van der Waals surface area contributed by atoms with Crippen LogP contribution in [0.5, 0.6) is 5.75 Å². The molecule has 0 amide bonds. The average molecular weight is 397 g/mol. The van der Waals surface area contributed by atoms with Crippen LogP contribution in [0.4, 0.5) is 10.1 Å². The zero-order valence-electron chi connectivity index (χ0n) is 16.1. The molecule has 150 valence electrons. The van der Waals surface area contributed by atoms with Crippen molar-refractivity contribution >= 4 is 16.5 Å². The maximum atomic E-state index is 12.6. The molecule has 27 heavy (non-hydrogen) atoms. The van der Waals surface area contributed by atoms with Crippen molar-refractivity contribution in [2.24, 2.45) is 5.73 Å². The Bertz CT molecular complexity index is 726. The lowest BCUT2D eigenvalue weighted by Crippen LogP contribution is -2.17. The smallest absolute Gasteiger partial charge is 0.131 e. The fourth-order valence-corrected chi connectivity index (χ4v) is 2.99. The zero-order chi connectivity index (χ0) is 20.4. The summed E-state index contributed by atoms with van der Waals surface area (Å²) in [5.41, 5.74) is 6.92. The minimum Gasteiger partial charge on any atom is -0.507 e. The molecule has 2 atom stereocenters. The standard InChI is InChI=1S/C11H16FN.C9H13NO3S/c1-3-4-9-13(2)11-7-5-10(12)6-8-11;1-14(13)9-4-6(8(12)5-10)2-3-7(9)11/h5-8H,3-4,9H2,1-2H3;2-4,8,11-12H,5,10H2,1H3. The van der Waals surface area contributed by atoms with Gasteiger partial charge in [-0.05, 0) is 48.4 Å². The van der Waals surface area contributed by atoms with E-state index in [-0.39, 0.29) is 18.1 Å². The predicted octanol–water partition coefficient (Wildman–Crippen LogP) is 3.18. The number of nitrogens with zero attached hydrogens (tertiary/aromatic N) is 1. The summed E-state index contributed by atoms with van der Waals surface area (Å²) in [4.78, 5) is 2.46. The Morgan fingerprint density at radius 1 is 1.22 bits per heavy atom. The van der Waals surface area contributed by atoms with Crippen LogP contribution in [0.2, 0.25) is 0 Å². The van der Waals surface area contributed by atoms with E-state index in [4.69, 9.17) is 5.73 Å². The summed E-state index contributed by atoms with van der Waals surface area (Å²) in [6.45, 7) is 3.29. The molecule has 2 rings (SSSR count). The second-order valence-electron chi connectivity index (χ2n) is 6.18. The molecule has 2 unspecified atom stereocenters. The van der Waals surface area contributed by atoms with Crippen LogP contribution in [0.1, 0.15) is 31.4 Å². The van der Waals surface area contributed by atoms with E-state index in [0.717, 1.165) is 12.2 Å². The van der Waals surface area contributed by atoms with E-state index in [1.165, 1.54) is 43.4 Å². The highest BCUT2D eigenvalue weighted by atomic mass is 32.2. The molecule has 4 N–H and O–H groups in total. The molecule has 0 aliphatic rings. The van der Waals surface area contributed by atoms with Gasteiger partial charge >= 0.3 is 0 Å². The lowest BCUT2D eigenvalue weighted by Gasteiger charge is -2.18.